The first kappa shape index (κ1) is 12.4. The van der Waals surface area contributed by atoms with Crippen LogP contribution in [0.25, 0.3) is 0 Å². The zero-order valence-electron chi connectivity index (χ0n) is 9.27. The van der Waals surface area contributed by atoms with E-state index in [-0.39, 0.29) is 0 Å². The molecule has 0 aliphatic carbocycles. The Balaban J connectivity index is 2.18. The molecular formula is C12H14BrNO3. The molecule has 1 aromatic carbocycles. The monoisotopic (exact) mass is 299 g/mol. The van der Waals surface area contributed by atoms with E-state index in [0.29, 0.717) is 25.9 Å². The van der Waals surface area contributed by atoms with Gasteiger partial charge in [0.2, 0.25) is 0 Å². The van der Waals surface area contributed by atoms with Gasteiger partial charge in [-0.05, 0) is 24.5 Å². The average molecular weight is 300 g/mol. The number of rotatable bonds is 1. The molecule has 1 aliphatic rings. The highest BCUT2D eigenvalue weighted by Gasteiger charge is 2.36. The van der Waals surface area contributed by atoms with Crippen molar-refractivity contribution in [1.82, 2.24) is 4.90 Å². The molecule has 1 aliphatic heterocycles. The minimum absolute atomic E-state index is 0.368. The molecular weight excluding hydrogens is 286 g/mol. The molecule has 1 saturated heterocycles. The third-order valence-electron chi connectivity index (χ3n) is 3.24. The second-order valence-electron chi connectivity index (χ2n) is 4.28. The second kappa shape index (κ2) is 4.66. The lowest BCUT2D eigenvalue weighted by molar-refractivity contribution is -0.0218. The molecule has 1 heterocycles. The predicted octanol–water partition coefficient (Wildman–Crippen LogP) is 2.41. The topological polar surface area (TPSA) is 60.8 Å². The van der Waals surface area contributed by atoms with Crippen LogP contribution in [-0.2, 0) is 5.60 Å². The summed E-state index contributed by atoms with van der Waals surface area (Å²) in [5.41, 5.74) is -0.0866. The van der Waals surface area contributed by atoms with Gasteiger partial charge in [0.15, 0.2) is 0 Å². The molecule has 0 bridgehead atoms. The molecule has 0 spiro atoms. The van der Waals surface area contributed by atoms with Crippen LogP contribution < -0.4 is 0 Å². The summed E-state index contributed by atoms with van der Waals surface area (Å²) in [4.78, 5) is 12.1. The highest BCUT2D eigenvalue weighted by molar-refractivity contribution is 9.10. The Labute approximate surface area is 108 Å². The number of aliphatic hydroxyl groups is 1. The molecule has 17 heavy (non-hydrogen) atoms. The summed E-state index contributed by atoms with van der Waals surface area (Å²) in [6, 6.07) is 7.53. The van der Waals surface area contributed by atoms with Crippen LogP contribution in [0.3, 0.4) is 0 Å². The first-order valence-electron chi connectivity index (χ1n) is 5.48. The summed E-state index contributed by atoms with van der Waals surface area (Å²) >= 11 is 3.42. The van der Waals surface area contributed by atoms with Crippen molar-refractivity contribution in [2.24, 2.45) is 0 Å². The van der Waals surface area contributed by atoms with Crippen molar-refractivity contribution in [3.8, 4) is 0 Å². The van der Waals surface area contributed by atoms with Gasteiger partial charge in [0, 0.05) is 17.6 Å². The molecule has 0 saturated carbocycles. The van der Waals surface area contributed by atoms with Crippen molar-refractivity contribution < 1.29 is 15.0 Å². The van der Waals surface area contributed by atoms with Crippen LogP contribution in [0.1, 0.15) is 18.4 Å². The zero-order valence-corrected chi connectivity index (χ0v) is 10.9. The van der Waals surface area contributed by atoms with Crippen molar-refractivity contribution >= 4 is 22.0 Å². The Hall–Kier alpha value is -1.07. The lowest BCUT2D eigenvalue weighted by Gasteiger charge is -2.37. The summed E-state index contributed by atoms with van der Waals surface area (Å²) in [5.74, 6) is 0. The third-order valence-corrected chi connectivity index (χ3v) is 3.93. The Morgan fingerprint density at radius 3 is 2.41 bits per heavy atom. The van der Waals surface area contributed by atoms with Gasteiger partial charge in [-0.15, -0.1) is 0 Å². The molecule has 5 heteroatoms. The number of hydrogen-bond acceptors (Lipinski definition) is 2. The number of likely N-dealkylation sites (tertiary alicyclic amines) is 1. The highest BCUT2D eigenvalue weighted by Crippen LogP contribution is 2.36. The Morgan fingerprint density at radius 1 is 1.29 bits per heavy atom. The van der Waals surface area contributed by atoms with Gasteiger partial charge >= 0.3 is 6.09 Å². The Morgan fingerprint density at radius 2 is 1.88 bits per heavy atom. The zero-order chi connectivity index (χ0) is 12.5. The summed E-state index contributed by atoms with van der Waals surface area (Å²) in [5, 5.41) is 19.4. The first-order chi connectivity index (χ1) is 8.03. The van der Waals surface area contributed by atoms with Gasteiger partial charge in [-0.1, -0.05) is 34.1 Å². The fourth-order valence-electron chi connectivity index (χ4n) is 2.18. The van der Waals surface area contributed by atoms with Crippen LogP contribution in [0, 0.1) is 0 Å². The summed E-state index contributed by atoms with van der Waals surface area (Å²) in [6.45, 7) is 0.736. The van der Waals surface area contributed by atoms with Gasteiger partial charge in [0.25, 0.3) is 0 Å². The van der Waals surface area contributed by atoms with E-state index in [9.17, 15) is 9.90 Å². The normalized spacial score (nSPS) is 19.1. The third kappa shape index (κ3) is 2.45. The van der Waals surface area contributed by atoms with E-state index < -0.39 is 11.7 Å². The predicted molar refractivity (Wildman–Crippen MR) is 66.9 cm³/mol. The van der Waals surface area contributed by atoms with E-state index in [4.69, 9.17) is 5.11 Å². The maximum absolute atomic E-state index is 10.8. The molecule has 2 N–H and O–H groups in total. The summed E-state index contributed by atoms with van der Waals surface area (Å²) in [7, 11) is 0. The number of carboxylic acid groups (broad SMARTS) is 1. The minimum Gasteiger partial charge on any atom is -0.465 e. The van der Waals surface area contributed by atoms with Gasteiger partial charge in [0.1, 0.15) is 0 Å². The van der Waals surface area contributed by atoms with Crippen LogP contribution in [0.15, 0.2) is 28.7 Å². The van der Waals surface area contributed by atoms with Crippen molar-refractivity contribution in [1.29, 1.82) is 0 Å². The molecule has 1 amide bonds. The molecule has 0 unspecified atom stereocenters. The largest absolute Gasteiger partial charge is 0.465 e. The fourth-order valence-corrected chi connectivity index (χ4v) is 2.83. The lowest BCUT2D eigenvalue weighted by atomic mass is 9.84. The number of halogens is 1. The second-order valence-corrected chi connectivity index (χ2v) is 5.14. The molecule has 0 aromatic heterocycles. The van der Waals surface area contributed by atoms with Crippen molar-refractivity contribution in [3.63, 3.8) is 0 Å². The molecule has 1 fully saturated rings. The number of piperidine rings is 1. The number of hydrogen-bond donors (Lipinski definition) is 2. The van der Waals surface area contributed by atoms with E-state index in [2.05, 4.69) is 15.9 Å². The van der Waals surface area contributed by atoms with E-state index in [0.717, 1.165) is 10.0 Å². The van der Waals surface area contributed by atoms with Crippen LogP contribution in [0.4, 0.5) is 4.79 Å². The standard InChI is InChI=1S/C12H14BrNO3/c13-10-4-2-1-3-9(10)12(17)5-7-14(8-6-12)11(15)16/h1-4,17H,5-8H2,(H,15,16). The number of nitrogens with zero attached hydrogens (tertiary/aromatic N) is 1. The molecule has 0 radical (unpaired) electrons. The lowest BCUT2D eigenvalue weighted by Crippen LogP contribution is -2.44. The van der Waals surface area contributed by atoms with E-state index in [1.54, 1.807) is 0 Å². The van der Waals surface area contributed by atoms with Crippen molar-refractivity contribution in [3.05, 3.63) is 34.3 Å². The van der Waals surface area contributed by atoms with Crippen LogP contribution in [0.2, 0.25) is 0 Å². The maximum Gasteiger partial charge on any atom is 0.407 e. The molecule has 2 rings (SSSR count). The first-order valence-corrected chi connectivity index (χ1v) is 6.27. The molecule has 1 aromatic rings. The number of benzene rings is 1. The Kier molecular flexibility index (Phi) is 3.40. The number of amides is 1. The minimum atomic E-state index is -0.925. The smallest absolute Gasteiger partial charge is 0.407 e. The van der Waals surface area contributed by atoms with Crippen LogP contribution in [-0.4, -0.2) is 34.3 Å². The molecule has 0 atom stereocenters. The van der Waals surface area contributed by atoms with E-state index >= 15 is 0 Å². The average Bonchev–Trinajstić information content (AvgIpc) is 2.30. The summed E-state index contributed by atoms with van der Waals surface area (Å²) < 4.78 is 0.867. The van der Waals surface area contributed by atoms with Gasteiger partial charge in [-0.2, -0.15) is 0 Å². The molecule has 92 valence electrons. The van der Waals surface area contributed by atoms with Gasteiger partial charge in [-0.25, -0.2) is 4.79 Å². The van der Waals surface area contributed by atoms with Crippen LogP contribution >= 0.6 is 15.9 Å². The summed E-state index contributed by atoms with van der Waals surface area (Å²) in [6.07, 6.45) is -0.0525. The quantitative estimate of drug-likeness (QED) is 0.837. The van der Waals surface area contributed by atoms with Gasteiger partial charge < -0.3 is 15.1 Å². The fraction of sp³-hybridized carbons (Fsp3) is 0.417. The number of carbonyl (C=O) groups is 1. The van der Waals surface area contributed by atoms with Crippen molar-refractivity contribution in [2.75, 3.05) is 13.1 Å². The highest BCUT2D eigenvalue weighted by atomic mass is 79.9. The van der Waals surface area contributed by atoms with Gasteiger partial charge in [0.05, 0.1) is 5.60 Å². The van der Waals surface area contributed by atoms with Crippen LogP contribution in [0.5, 0.6) is 0 Å². The SMILES string of the molecule is O=C(O)N1CCC(O)(c2ccccc2Br)CC1. The maximum atomic E-state index is 10.8. The van der Waals surface area contributed by atoms with Gasteiger partial charge in [-0.3, -0.25) is 0 Å². The van der Waals surface area contributed by atoms with Crippen molar-refractivity contribution in [2.45, 2.75) is 18.4 Å². The van der Waals surface area contributed by atoms with E-state index in [1.165, 1.54) is 4.90 Å². The van der Waals surface area contributed by atoms with E-state index in [1.807, 2.05) is 24.3 Å². The Bertz CT molecular complexity index is 428. The molecule has 4 nitrogen and oxygen atoms in total.